The Morgan fingerprint density at radius 3 is 1.79 bits per heavy atom. The second-order valence-electron chi connectivity index (χ2n) is 10.4. The zero-order valence-corrected chi connectivity index (χ0v) is 21.1. The molecule has 1 atom stereocenters. The Balaban J connectivity index is 0.00000288. The molecule has 0 nitrogen and oxygen atoms in total. The Morgan fingerprint density at radius 1 is 0.833 bits per heavy atom. The van der Waals surface area contributed by atoms with Crippen LogP contribution >= 0.6 is 0 Å². The van der Waals surface area contributed by atoms with E-state index in [2.05, 4.69) is 98.1 Å². The molecule has 139 valence electrons. The van der Waals surface area contributed by atoms with Crippen LogP contribution in [0.3, 0.4) is 0 Å². The van der Waals surface area contributed by atoms with Crippen LogP contribution in [0.2, 0.25) is 36.3 Å². The third-order valence-electron chi connectivity index (χ3n) is 6.98. The van der Waals surface area contributed by atoms with Crippen molar-refractivity contribution in [3.63, 3.8) is 0 Å². The summed E-state index contributed by atoms with van der Waals surface area (Å²) in [5.74, 6) is 0. The van der Waals surface area contributed by atoms with Gasteiger partial charge < -0.3 is 0 Å². The van der Waals surface area contributed by atoms with Gasteiger partial charge in [0.2, 0.25) is 0 Å². The molecule has 0 heterocycles. The van der Waals surface area contributed by atoms with E-state index in [0.717, 1.165) is 0 Å². The standard InChI is InChI=1S/C21H35Si2.Ho/c1-20(2,3)22(7,8)18-15-19(23(9,10)21(4,5)6)17-14-12-11-13-16(17)18;/h11-14,18H,1-10H3;/q-1;. The Morgan fingerprint density at radius 2 is 1.33 bits per heavy atom. The van der Waals surface area contributed by atoms with E-state index >= 15 is 0 Å². The quantitative estimate of drug-likeness (QED) is 0.296. The van der Waals surface area contributed by atoms with E-state index in [1.54, 1.807) is 10.8 Å². The monoisotopic (exact) mass is 508 g/mol. The molecular weight excluding hydrogens is 473 g/mol. The molecule has 1 aliphatic carbocycles. The van der Waals surface area contributed by atoms with Crippen LogP contribution in [-0.4, -0.2) is 16.1 Å². The van der Waals surface area contributed by atoms with Crippen LogP contribution < -0.4 is 0 Å². The average Bonchev–Trinajstić information content (AvgIpc) is 2.76. The molecule has 0 aromatic heterocycles. The second kappa shape index (κ2) is 7.00. The van der Waals surface area contributed by atoms with E-state index in [9.17, 15) is 0 Å². The third-order valence-corrected chi connectivity index (χ3v) is 18.2. The summed E-state index contributed by atoms with van der Waals surface area (Å²) in [6, 6.07) is 9.15. The van der Waals surface area contributed by atoms with E-state index < -0.39 is 16.1 Å². The van der Waals surface area contributed by atoms with E-state index in [4.69, 9.17) is 0 Å². The summed E-state index contributed by atoms with van der Waals surface area (Å²) in [5.41, 5.74) is 3.59. The first-order valence-corrected chi connectivity index (χ1v) is 15.0. The first-order valence-electron chi connectivity index (χ1n) is 8.94. The molecule has 1 radical (unpaired) electrons. The first-order chi connectivity index (χ1) is 10.2. The summed E-state index contributed by atoms with van der Waals surface area (Å²) in [5, 5.41) is 2.31. The van der Waals surface area contributed by atoms with E-state index in [0.29, 0.717) is 15.6 Å². The van der Waals surface area contributed by atoms with Crippen molar-refractivity contribution >= 4 is 21.3 Å². The first kappa shape index (κ1) is 22.7. The van der Waals surface area contributed by atoms with Gasteiger partial charge in [0, 0.05) is 53.9 Å². The minimum atomic E-state index is -1.58. The molecule has 0 bridgehead atoms. The summed E-state index contributed by atoms with van der Waals surface area (Å²) in [6.07, 6.45) is 4.09. The van der Waals surface area contributed by atoms with Gasteiger partial charge in [-0.05, 0) is 10.1 Å². The van der Waals surface area contributed by atoms with Gasteiger partial charge in [0.15, 0.2) is 0 Å². The molecule has 3 heteroatoms. The van der Waals surface area contributed by atoms with Crippen LogP contribution in [0, 0.1) is 43.8 Å². The molecule has 0 aliphatic heterocycles. The maximum absolute atomic E-state index is 4.09. The van der Waals surface area contributed by atoms with Gasteiger partial charge in [0.1, 0.15) is 0 Å². The Hall–Kier alpha value is 0.654. The minimum Gasteiger partial charge on any atom is -0.272 e. The third kappa shape index (κ3) is 3.69. The van der Waals surface area contributed by atoms with Crippen molar-refractivity contribution in [2.24, 2.45) is 0 Å². The number of hydrogen-bond donors (Lipinski definition) is 0. The van der Waals surface area contributed by atoms with Crippen molar-refractivity contribution in [3.8, 4) is 0 Å². The maximum Gasteiger partial charge on any atom is 0.0484 e. The predicted molar refractivity (Wildman–Crippen MR) is 110 cm³/mol. The number of benzene rings is 1. The Bertz CT molecular complexity index is 628. The molecule has 2 rings (SSSR count). The molecule has 1 aromatic rings. The van der Waals surface area contributed by atoms with Crippen LogP contribution in [0.15, 0.2) is 24.3 Å². The molecule has 1 aromatic carbocycles. The number of allylic oxidation sites excluding steroid dienone is 1. The normalized spacial score (nSPS) is 18.8. The largest absolute Gasteiger partial charge is 0.272 e. The molecule has 1 aliphatic rings. The second-order valence-corrected chi connectivity index (χ2v) is 21.2. The van der Waals surface area contributed by atoms with Crippen LogP contribution in [0.4, 0.5) is 0 Å². The number of rotatable bonds is 2. The molecule has 0 spiro atoms. The van der Waals surface area contributed by atoms with Gasteiger partial charge in [-0.25, -0.2) is 5.20 Å². The van der Waals surface area contributed by atoms with Gasteiger partial charge in [-0.1, -0.05) is 91.5 Å². The smallest absolute Gasteiger partial charge is 0.0484 e. The predicted octanol–water partition coefficient (Wildman–Crippen LogP) is 7.07. The minimum absolute atomic E-state index is 0. The van der Waals surface area contributed by atoms with Gasteiger partial charge in [-0.15, -0.1) is 11.6 Å². The topological polar surface area (TPSA) is 0 Å². The van der Waals surface area contributed by atoms with Crippen LogP contribution in [0.1, 0.15) is 58.2 Å². The van der Waals surface area contributed by atoms with Crippen molar-refractivity contribution in [3.05, 3.63) is 41.5 Å². The molecule has 0 fully saturated rings. The summed E-state index contributed by atoms with van der Waals surface area (Å²) in [6.45, 7) is 24.7. The van der Waals surface area contributed by atoms with Gasteiger partial charge in [-0.3, -0.25) is 6.08 Å². The Labute approximate surface area is 182 Å². The van der Waals surface area contributed by atoms with Gasteiger partial charge in [0.05, 0.1) is 0 Å². The molecule has 0 N–H and O–H groups in total. The number of fused-ring (bicyclic) bond motifs is 1. The van der Waals surface area contributed by atoms with Gasteiger partial charge >= 0.3 is 0 Å². The molecule has 0 saturated carbocycles. The van der Waals surface area contributed by atoms with Gasteiger partial charge in [0.25, 0.3) is 0 Å². The molecular formula is C21H35HoSi2-. The molecule has 24 heavy (non-hydrogen) atoms. The summed E-state index contributed by atoms with van der Waals surface area (Å²) in [7, 11) is -3.09. The van der Waals surface area contributed by atoms with Crippen LogP contribution in [0.5, 0.6) is 0 Å². The van der Waals surface area contributed by atoms with Crippen molar-refractivity contribution in [1.82, 2.24) is 0 Å². The fourth-order valence-corrected chi connectivity index (χ4v) is 7.87. The van der Waals surface area contributed by atoms with E-state index in [1.807, 2.05) is 0 Å². The molecule has 0 amide bonds. The SMILES string of the molecule is CC(C)(C)[Si](C)(C)C1=[C-]C([Si](C)(C)C(C)(C)C)c2ccccc21.[Ho]. The summed E-state index contributed by atoms with van der Waals surface area (Å²) >= 11 is 0. The molecule has 0 saturated heterocycles. The van der Waals surface area contributed by atoms with Gasteiger partial charge in [-0.2, -0.15) is 5.56 Å². The van der Waals surface area contributed by atoms with Crippen LogP contribution in [0.25, 0.3) is 5.20 Å². The number of hydrogen-bond acceptors (Lipinski definition) is 0. The van der Waals surface area contributed by atoms with Crippen molar-refractivity contribution < 1.29 is 37.7 Å². The van der Waals surface area contributed by atoms with E-state index in [1.165, 1.54) is 5.56 Å². The van der Waals surface area contributed by atoms with Crippen LogP contribution in [-0.2, 0) is 0 Å². The molecule has 1 unspecified atom stereocenters. The fraction of sp³-hybridized carbons (Fsp3) is 0.619. The average molecular weight is 509 g/mol. The van der Waals surface area contributed by atoms with E-state index in [-0.39, 0.29) is 37.7 Å². The summed E-state index contributed by atoms with van der Waals surface area (Å²) in [4.78, 5) is 0. The maximum atomic E-state index is 4.09. The van der Waals surface area contributed by atoms with Crippen molar-refractivity contribution in [1.29, 1.82) is 0 Å². The fourth-order valence-electron chi connectivity index (χ4n) is 3.17. The van der Waals surface area contributed by atoms with Crippen molar-refractivity contribution in [2.45, 2.75) is 83.3 Å². The zero-order chi connectivity index (χ0) is 17.8. The Kier molecular flexibility index (Phi) is 6.62. The zero-order valence-electron chi connectivity index (χ0n) is 17.2. The van der Waals surface area contributed by atoms with Crippen molar-refractivity contribution in [2.75, 3.05) is 0 Å². The summed E-state index contributed by atoms with van der Waals surface area (Å²) < 4.78 is 0.